The van der Waals surface area contributed by atoms with E-state index in [1.165, 1.54) is 0 Å². The van der Waals surface area contributed by atoms with E-state index in [4.69, 9.17) is 4.74 Å². The Morgan fingerprint density at radius 2 is 1.93 bits per heavy atom. The largest absolute Gasteiger partial charge is 0.466 e. The summed E-state index contributed by atoms with van der Waals surface area (Å²) in [5, 5.41) is 0. The van der Waals surface area contributed by atoms with E-state index in [-0.39, 0.29) is 17.8 Å². The van der Waals surface area contributed by atoms with Crippen LogP contribution >= 0.6 is 11.8 Å². The first-order valence-corrected chi connectivity index (χ1v) is 11.3. The fraction of sp³-hybridized carbons (Fsp3) is 0.545. The molecule has 0 bridgehead atoms. The second-order valence-electron chi connectivity index (χ2n) is 7.51. The maximum Gasteiger partial charge on any atom is 0.309 e. The molecule has 0 aromatic carbocycles. The fourth-order valence-corrected chi connectivity index (χ4v) is 3.68. The molecule has 2 heterocycles. The zero-order chi connectivity index (χ0) is 19.9. The third-order valence-corrected chi connectivity index (χ3v) is 6.01. The first-order chi connectivity index (χ1) is 13.6. The lowest BCUT2D eigenvalue weighted by molar-refractivity contribution is -0.144. The molecular weight excluding hydrogens is 370 g/mol. The minimum atomic E-state index is -0.0718. The van der Waals surface area contributed by atoms with E-state index in [1.807, 2.05) is 31.8 Å². The summed E-state index contributed by atoms with van der Waals surface area (Å²) in [5.41, 5.74) is 2.27. The first-order valence-electron chi connectivity index (χ1n) is 10.1. The number of carbonyl (C=O) groups excluding carboxylic acids is 1. The van der Waals surface area contributed by atoms with Crippen LogP contribution in [-0.4, -0.2) is 33.8 Å². The van der Waals surface area contributed by atoms with Crippen LogP contribution in [0.3, 0.4) is 0 Å². The lowest BCUT2D eigenvalue weighted by atomic mass is 9.98. The van der Waals surface area contributed by atoms with Crippen LogP contribution in [0.1, 0.15) is 56.1 Å². The Bertz CT molecular complexity index is 764. The molecule has 0 amide bonds. The van der Waals surface area contributed by atoms with Crippen molar-refractivity contribution in [3.8, 4) is 0 Å². The first kappa shape index (κ1) is 20.8. The van der Waals surface area contributed by atoms with E-state index in [2.05, 4.69) is 34.0 Å². The molecule has 0 aliphatic heterocycles. The van der Waals surface area contributed by atoms with Crippen LogP contribution < -0.4 is 0 Å². The van der Waals surface area contributed by atoms with Gasteiger partial charge in [0.1, 0.15) is 5.82 Å². The van der Waals surface area contributed by atoms with E-state index >= 15 is 0 Å². The molecule has 0 N–H and O–H groups in total. The molecule has 2 aromatic heterocycles. The van der Waals surface area contributed by atoms with Crippen molar-refractivity contribution in [3.63, 3.8) is 0 Å². The van der Waals surface area contributed by atoms with E-state index in [9.17, 15) is 4.79 Å². The van der Waals surface area contributed by atoms with Crippen molar-refractivity contribution in [2.24, 2.45) is 11.8 Å². The minimum absolute atomic E-state index is 0.0276. The number of ether oxygens (including phenoxy) is 1. The van der Waals surface area contributed by atoms with Gasteiger partial charge in [0.25, 0.3) is 0 Å². The van der Waals surface area contributed by atoms with Crippen LogP contribution in [0.15, 0.2) is 35.6 Å². The normalized spacial score (nSPS) is 19.2. The van der Waals surface area contributed by atoms with Crippen LogP contribution in [0.5, 0.6) is 0 Å². The number of carbonyl (C=O) groups is 1. The number of esters is 1. The Labute approximate surface area is 171 Å². The van der Waals surface area contributed by atoms with Crippen molar-refractivity contribution in [1.29, 1.82) is 0 Å². The highest BCUT2D eigenvalue weighted by Crippen LogP contribution is 2.47. The Hall–Kier alpha value is -1.95. The van der Waals surface area contributed by atoms with Gasteiger partial charge in [0, 0.05) is 35.6 Å². The fourth-order valence-electron chi connectivity index (χ4n) is 3.37. The number of hydrogen-bond acceptors (Lipinski definition) is 6. The quantitative estimate of drug-likeness (QED) is 0.434. The van der Waals surface area contributed by atoms with Gasteiger partial charge < -0.3 is 4.74 Å². The number of rotatable bonds is 10. The van der Waals surface area contributed by atoms with Crippen molar-refractivity contribution in [2.45, 2.75) is 56.8 Å². The molecular formula is C22H29N3O2S. The maximum absolute atomic E-state index is 11.8. The number of hydrogen-bond donors (Lipinski definition) is 0. The molecule has 28 heavy (non-hydrogen) atoms. The van der Waals surface area contributed by atoms with E-state index in [0.717, 1.165) is 54.1 Å². The van der Waals surface area contributed by atoms with Gasteiger partial charge in [-0.15, -0.1) is 11.8 Å². The van der Waals surface area contributed by atoms with E-state index < -0.39 is 0 Å². The van der Waals surface area contributed by atoms with E-state index in [0.29, 0.717) is 12.5 Å². The van der Waals surface area contributed by atoms with Crippen molar-refractivity contribution >= 4 is 17.7 Å². The van der Waals surface area contributed by atoms with Gasteiger partial charge in [-0.3, -0.25) is 9.78 Å². The zero-order valence-corrected chi connectivity index (χ0v) is 17.7. The molecule has 0 radical (unpaired) electrons. The Kier molecular flexibility index (Phi) is 7.43. The van der Waals surface area contributed by atoms with Crippen LogP contribution in [-0.2, 0) is 22.4 Å². The smallest absolute Gasteiger partial charge is 0.309 e. The van der Waals surface area contributed by atoms with Crippen molar-refractivity contribution < 1.29 is 9.53 Å². The molecule has 2 aromatic rings. The summed E-state index contributed by atoms with van der Waals surface area (Å²) in [7, 11) is 0. The molecule has 5 nitrogen and oxygen atoms in total. The van der Waals surface area contributed by atoms with Gasteiger partial charge in [-0.1, -0.05) is 13.0 Å². The number of thioether (sulfide) groups is 1. The average Bonchev–Trinajstić information content (AvgIpc) is 3.53. The number of nitrogens with zero attached hydrogens (tertiary/aromatic N) is 3. The number of pyridine rings is 1. The summed E-state index contributed by atoms with van der Waals surface area (Å²) in [6, 6.07) is 4.23. The average molecular weight is 400 g/mol. The Morgan fingerprint density at radius 1 is 1.18 bits per heavy atom. The summed E-state index contributed by atoms with van der Waals surface area (Å²) in [5.74, 6) is 1.77. The molecule has 1 aliphatic rings. The van der Waals surface area contributed by atoms with Gasteiger partial charge >= 0.3 is 5.97 Å². The standard InChI is InChI=1S/C22H29N3O2S/c1-4-27-22(26)20-11-19(20)16-7-9-17(23-12-16)8-5-15(2)6-10-21-24-13-18(28-3)14-25-21/h7,9,12-15,19-20H,4-6,8,10-11H2,1-3H3/t15-,19-,20+/m1/s1. The predicted molar refractivity (Wildman–Crippen MR) is 111 cm³/mol. The van der Waals surface area contributed by atoms with Gasteiger partial charge in [0.15, 0.2) is 0 Å². The van der Waals surface area contributed by atoms with Crippen LogP contribution in [0.2, 0.25) is 0 Å². The molecule has 3 atom stereocenters. The molecule has 6 heteroatoms. The molecule has 0 unspecified atom stereocenters. The predicted octanol–water partition coefficient (Wildman–Crippen LogP) is 4.46. The van der Waals surface area contributed by atoms with Gasteiger partial charge in [-0.25, -0.2) is 9.97 Å². The van der Waals surface area contributed by atoms with Gasteiger partial charge in [-0.2, -0.15) is 0 Å². The molecule has 0 saturated heterocycles. The summed E-state index contributed by atoms with van der Waals surface area (Å²) < 4.78 is 5.10. The highest BCUT2D eigenvalue weighted by molar-refractivity contribution is 7.98. The molecule has 3 rings (SSSR count). The van der Waals surface area contributed by atoms with Gasteiger partial charge in [0.2, 0.25) is 0 Å². The third-order valence-electron chi connectivity index (χ3n) is 5.33. The Balaban J connectivity index is 1.40. The number of aryl methyl sites for hydroxylation is 2. The highest BCUT2D eigenvalue weighted by Gasteiger charge is 2.45. The second kappa shape index (κ2) is 10.0. The highest BCUT2D eigenvalue weighted by atomic mass is 32.2. The maximum atomic E-state index is 11.8. The summed E-state index contributed by atoms with van der Waals surface area (Å²) in [6.07, 6.45) is 12.7. The SMILES string of the molecule is CCOC(=O)[C@H]1C[C@@H]1c1ccc(CC[C@@H](C)CCc2ncc(SC)cn2)nc1. The summed E-state index contributed by atoms with van der Waals surface area (Å²) >= 11 is 1.66. The Morgan fingerprint density at radius 3 is 2.57 bits per heavy atom. The zero-order valence-electron chi connectivity index (χ0n) is 16.9. The monoisotopic (exact) mass is 399 g/mol. The van der Waals surface area contributed by atoms with Gasteiger partial charge in [-0.05, 0) is 62.3 Å². The molecule has 1 fully saturated rings. The van der Waals surface area contributed by atoms with Crippen molar-refractivity contribution in [3.05, 3.63) is 47.8 Å². The van der Waals surface area contributed by atoms with Crippen molar-refractivity contribution in [1.82, 2.24) is 15.0 Å². The molecule has 0 spiro atoms. The molecule has 1 saturated carbocycles. The van der Waals surface area contributed by atoms with Crippen LogP contribution in [0, 0.1) is 11.8 Å². The van der Waals surface area contributed by atoms with E-state index in [1.54, 1.807) is 11.8 Å². The summed E-state index contributed by atoms with van der Waals surface area (Å²) in [6.45, 7) is 4.58. The van der Waals surface area contributed by atoms with Gasteiger partial charge in [0.05, 0.1) is 12.5 Å². The minimum Gasteiger partial charge on any atom is -0.466 e. The van der Waals surface area contributed by atoms with Crippen molar-refractivity contribution in [2.75, 3.05) is 12.9 Å². The lowest BCUT2D eigenvalue weighted by Crippen LogP contribution is -2.07. The topological polar surface area (TPSA) is 65.0 Å². The lowest BCUT2D eigenvalue weighted by Gasteiger charge is -2.11. The van der Waals surface area contributed by atoms with Crippen LogP contribution in [0.25, 0.3) is 0 Å². The second-order valence-corrected chi connectivity index (χ2v) is 8.38. The molecule has 1 aliphatic carbocycles. The number of aromatic nitrogens is 3. The molecule has 150 valence electrons. The van der Waals surface area contributed by atoms with Crippen LogP contribution in [0.4, 0.5) is 0 Å². The third kappa shape index (κ3) is 5.77. The summed E-state index contributed by atoms with van der Waals surface area (Å²) in [4.78, 5) is 26.3.